The molecule has 0 amide bonds. The van der Waals surface area contributed by atoms with Gasteiger partial charge in [-0.25, -0.2) is 0 Å². The molecule has 0 aliphatic carbocycles. The Bertz CT molecular complexity index is 977. The molecule has 1 heterocycles. The van der Waals surface area contributed by atoms with E-state index in [0.29, 0.717) is 0 Å². The minimum Gasteiger partial charge on any atom is -0.502 e. The number of aliphatic hydroxyl groups is 1. The standard InChI is InChI=1S/C20H19F3N2O5S/c1-29-12-8-11(9-13(30-2)17(12)27)15-14(16(26)10-6-4-3-5-7-10)19(28,20(21,22)23)25-18(31)24-15/h3-9,14-15,27-28H,1-2H3,(H2,24,25,31). The van der Waals surface area contributed by atoms with E-state index in [2.05, 4.69) is 5.32 Å². The molecule has 2 aromatic carbocycles. The molecular weight excluding hydrogens is 437 g/mol. The van der Waals surface area contributed by atoms with Crippen molar-refractivity contribution in [1.82, 2.24) is 10.6 Å². The minimum atomic E-state index is -5.25. The fraction of sp³-hybridized carbons (Fsp3) is 0.300. The van der Waals surface area contributed by atoms with Crippen LogP contribution in [0.1, 0.15) is 22.0 Å². The molecule has 1 aliphatic rings. The van der Waals surface area contributed by atoms with Gasteiger partial charge in [0.25, 0.3) is 0 Å². The van der Waals surface area contributed by atoms with Crippen molar-refractivity contribution < 1.29 is 37.7 Å². The number of carbonyl (C=O) groups is 1. The Morgan fingerprint density at radius 3 is 2.16 bits per heavy atom. The van der Waals surface area contributed by atoms with Crippen molar-refractivity contribution in [2.45, 2.75) is 17.9 Å². The first-order valence-electron chi connectivity index (χ1n) is 8.95. The maximum absolute atomic E-state index is 14.0. The summed E-state index contributed by atoms with van der Waals surface area (Å²) in [6.45, 7) is 0. The van der Waals surface area contributed by atoms with Gasteiger partial charge in [-0.15, -0.1) is 0 Å². The molecule has 4 N–H and O–H groups in total. The van der Waals surface area contributed by atoms with Crippen LogP contribution < -0.4 is 20.1 Å². The summed E-state index contributed by atoms with van der Waals surface area (Å²) in [4.78, 5) is 13.2. The second kappa shape index (κ2) is 8.23. The highest BCUT2D eigenvalue weighted by atomic mass is 32.1. The summed E-state index contributed by atoms with van der Waals surface area (Å²) in [6.07, 6.45) is -5.25. The van der Waals surface area contributed by atoms with Crippen molar-refractivity contribution in [3.8, 4) is 17.2 Å². The second-order valence-electron chi connectivity index (χ2n) is 6.82. The van der Waals surface area contributed by atoms with Gasteiger partial charge in [-0.3, -0.25) is 4.79 Å². The summed E-state index contributed by atoms with van der Waals surface area (Å²) in [5.41, 5.74) is -3.62. The molecule has 11 heteroatoms. The second-order valence-corrected chi connectivity index (χ2v) is 7.23. The van der Waals surface area contributed by atoms with Crippen LogP contribution in [-0.4, -0.2) is 47.2 Å². The molecule has 0 aromatic heterocycles. The Kier molecular flexibility index (Phi) is 6.01. The molecule has 0 spiro atoms. The number of aromatic hydroxyl groups is 1. The Balaban J connectivity index is 2.23. The van der Waals surface area contributed by atoms with E-state index in [1.165, 1.54) is 50.6 Å². The molecule has 3 rings (SSSR count). The molecular formula is C20H19F3N2O5S. The van der Waals surface area contributed by atoms with Gasteiger partial charge in [0.2, 0.25) is 11.5 Å². The van der Waals surface area contributed by atoms with Gasteiger partial charge < -0.3 is 30.3 Å². The van der Waals surface area contributed by atoms with Gasteiger partial charge in [0.05, 0.1) is 20.3 Å². The maximum atomic E-state index is 14.0. The van der Waals surface area contributed by atoms with E-state index in [-0.39, 0.29) is 28.4 Å². The first-order chi connectivity index (χ1) is 14.5. The van der Waals surface area contributed by atoms with Gasteiger partial charge in [0, 0.05) is 5.56 Å². The van der Waals surface area contributed by atoms with Crippen molar-refractivity contribution >= 4 is 23.1 Å². The molecule has 1 fully saturated rings. The zero-order chi connectivity index (χ0) is 23.0. The normalized spacial score (nSPS) is 23.5. The van der Waals surface area contributed by atoms with Crippen LogP contribution in [0.2, 0.25) is 0 Å². The van der Waals surface area contributed by atoms with Crippen molar-refractivity contribution in [3.63, 3.8) is 0 Å². The summed E-state index contributed by atoms with van der Waals surface area (Å²) in [5.74, 6) is -3.62. The van der Waals surface area contributed by atoms with Crippen LogP contribution in [-0.2, 0) is 0 Å². The average Bonchev–Trinajstić information content (AvgIpc) is 2.72. The van der Waals surface area contributed by atoms with E-state index in [1.54, 1.807) is 6.07 Å². The Morgan fingerprint density at radius 1 is 1.13 bits per heavy atom. The summed E-state index contributed by atoms with van der Waals surface area (Å²) >= 11 is 4.90. The number of thiocarbonyl (C=S) groups is 1. The Hall–Kier alpha value is -3.05. The molecule has 3 unspecified atom stereocenters. The van der Waals surface area contributed by atoms with Gasteiger partial charge >= 0.3 is 6.18 Å². The molecule has 166 valence electrons. The number of phenols is 1. The third kappa shape index (κ3) is 3.98. The summed E-state index contributed by atoms with van der Waals surface area (Å²) < 4.78 is 52.2. The number of hydrogen-bond acceptors (Lipinski definition) is 6. The van der Waals surface area contributed by atoms with Crippen molar-refractivity contribution in [1.29, 1.82) is 0 Å². The lowest BCUT2D eigenvalue weighted by Crippen LogP contribution is -2.72. The number of carbonyl (C=O) groups excluding carboxylic acids is 1. The summed E-state index contributed by atoms with van der Waals surface area (Å²) in [6, 6.07) is 8.34. The molecule has 7 nitrogen and oxygen atoms in total. The van der Waals surface area contributed by atoms with Crippen molar-refractivity contribution in [2.75, 3.05) is 14.2 Å². The highest BCUT2D eigenvalue weighted by Crippen LogP contribution is 2.46. The van der Waals surface area contributed by atoms with Gasteiger partial charge in [-0.1, -0.05) is 30.3 Å². The van der Waals surface area contributed by atoms with Gasteiger partial charge in [0.1, 0.15) is 5.92 Å². The van der Waals surface area contributed by atoms with E-state index in [0.717, 1.165) is 0 Å². The van der Waals surface area contributed by atoms with E-state index in [4.69, 9.17) is 21.7 Å². The summed E-state index contributed by atoms with van der Waals surface area (Å²) in [7, 11) is 2.49. The van der Waals surface area contributed by atoms with Gasteiger partial charge in [-0.2, -0.15) is 13.2 Å². The number of ether oxygens (including phenoxy) is 2. The number of ketones is 1. The minimum absolute atomic E-state index is 0.0331. The number of nitrogens with one attached hydrogen (secondary N) is 2. The predicted octanol–water partition coefficient (Wildman–Crippen LogP) is 2.68. The van der Waals surface area contributed by atoms with Crippen LogP contribution in [0.15, 0.2) is 42.5 Å². The maximum Gasteiger partial charge on any atom is 0.437 e. The van der Waals surface area contributed by atoms with Crippen LogP contribution in [0.5, 0.6) is 17.2 Å². The molecule has 0 saturated carbocycles. The van der Waals surface area contributed by atoms with E-state index < -0.39 is 34.8 Å². The quantitative estimate of drug-likeness (QED) is 0.403. The number of benzene rings is 2. The molecule has 0 bridgehead atoms. The number of rotatable bonds is 5. The first kappa shape index (κ1) is 22.6. The van der Waals surface area contributed by atoms with Crippen LogP contribution in [0.4, 0.5) is 13.2 Å². The lowest BCUT2D eigenvalue weighted by Gasteiger charge is -2.46. The molecule has 1 aliphatic heterocycles. The topological polar surface area (TPSA) is 100 Å². The van der Waals surface area contributed by atoms with E-state index >= 15 is 0 Å². The number of phenolic OH excluding ortho intramolecular Hbond substituents is 1. The molecule has 0 radical (unpaired) electrons. The first-order valence-corrected chi connectivity index (χ1v) is 9.36. The SMILES string of the molecule is COc1cc(C2NC(=S)NC(O)(C(F)(F)F)C2C(=O)c2ccccc2)cc(OC)c1O. The zero-order valence-electron chi connectivity index (χ0n) is 16.4. The monoisotopic (exact) mass is 456 g/mol. The zero-order valence-corrected chi connectivity index (χ0v) is 17.2. The van der Waals surface area contributed by atoms with Crippen LogP contribution >= 0.6 is 12.2 Å². The Morgan fingerprint density at radius 2 is 1.68 bits per heavy atom. The predicted molar refractivity (Wildman–Crippen MR) is 108 cm³/mol. The fourth-order valence-electron chi connectivity index (χ4n) is 3.49. The molecule has 1 saturated heterocycles. The number of halogens is 3. The molecule has 3 atom stereocenters. The van der Waals surface area contributed by atoms with E-state index in [1.807, 2.05) is 5.32 Å². The lowest BCUT2D eigenvalue weighted by atomic mass is 9.77. The largest absolute Gasteiger partial charge is 0.502 e. The highest BCUT2D eigenvalue weighted by molar-refractivity contribution is 7.80. The van der Waals surface area contributed by atoms with Crippen molar-refractivity contribution in [3.05, 3.63) is 53.6 Å². The average molecular weight is 456 g/mol. The van der Waals surface area contributed by atoms with E-state index in [9.17, 15) is 28.2 Å². The lowest BCUT2D eigenvalue weighted by molar-refractivity contribution is -0.285. The third-order valence-electron chi connectivity index (χ3n) is 5.01. The molecule has 31 heavy (non-hydrogen) atoms. The van der Waals surface area contributed by atoms with Crippen molar-refractivity contribution in [2.24, 2.45) is 5.92 Å². The number of methoxy groups -OCH3 is 2. The van der Waals surface area contributed by atoms with Crippen LogP contribution in [0.25, 0.3) is 0 Å². The van der Waals surface area contributed by atoms with Gasteiger partial charge in [0.15, 0.2) is 22.4 Å². The highest BCUT2D eigenvalue weighted by Gasteiger charge is 2.65. The smallest absolute Gasteiger partial charge is 0.437 e. The van der Waals surface area contributed by atoms with Crippen LogP contribution in [0.3, 0.4) is 0 Å². The summed E-state index contributed by atoms with van der Waals surface area (Å²) in [5, 5.41) is 24.8. The number of Topliss-reactive ketones (excluding diaryl/α,β-unsaturated/α-hetero) is 1. The molecule has 2 aromatic rings. The third-order valence-corrected chi connectivity index (χ3v) is 5.23. The number of alkyl halides is 3. The Labute approximate surface area is 180 Å². The van der Waals surface area contributed by atoms with Crippen LogP contribution in [0, 0.1) is 5.92 Å². The number of hydrogen-bond donors (Lipinski definition) is 4. The fourth-order valence-corrected chi connectivity index (χ4v) is 3.77. The van der Waals surface area contributed by atoms with Gasteiger partial charge in [-0.05, 0) is 29.9 Å².